The molecule has 5 heteroatoms. The first-order chi connectivity index (χ1) is 10.8. The van der Waals surface area contributed by atoms with Crippen molar-refractivity contribution in [1.82, 2.24) is 9.97 Å². The van der Waals surface area contributed by atoms with Crippen LogP contribution >= 0.6 is 27.7 Å². The molecule has 0 N–H and O–H groups in total. The van der Waals surface area contributed by atoms with Gasteiger partial charge in [0.1, 0.15) is 5.03 Å². The first-order valence-corrected chi connectivity index (χ1v) is 8.70. The minimum absolute atomic E-state index is 0.705. The van der Waals surface area contributed by atoms with E-state index in [0.29, 0.717) is 6.61 Å². The third kappa shape index (κ3) is 3.48. The number of fused-ring (bicyclic) bond motifs is 1. The van der Waals surface area contributed by atoms with Crippen molar-refractivity contribution in [3.63, 3.8) is 0 Å². The summed E-state index contributed by atoms with van der Waals surface area (Å²) in [6.45, 7) is 0.705. The predicted molar refractivity (Wildman–Crippen MR) is 95.3 cm³/mol. The Morgan fingerprint density at radius 1 is 1.05 bits per heavy atom. The van der Waals surface area contributed by atoms with Crippen LogP contribution in [-0.4, -0.2) is 29.4 Å². The Kier molecular flexibility index (Phi) is 5.08. The summed E-state index contributed by atoms with van der Waals surface area (Å²) >= 11 is 5.16. The topological polar surface area (TPSA) is 35.0 Å². The van der Waals surface area contributed by atoms with Crippen molar-refractivity contribution < 1.29 is 4.74 Å². The summed E-state index contributed by atoms with van der Waals surface area (Å²) in [5.74, 6) is 1.63. The molecule has 1 aromatic heterocycles. The lowest BCUT2D eigenvalue weighted by Crippen LogP contribution is -1.96. The number of benzene rings is 2. The van der Waals surface area contributed by atoms with E-state index in [1.165, 1.54) is 0 Å². The van der Waals surface area contributed by atoms with Crippen LogP contribution in [0.25, 0.3) is 22.3 Å². The van der Waals surface area contributed by atoms with Crippen LogP contribution in [0.5, 0.6) is 0 Å². The van der Waals surface area contributed by atoms with Crippen LogP contribution < -0.4 is 0 Å². The molecule has 0 spiro atoms. The molecule has 0 bridgehead atoms. The highest BCUT2D eigenvalue weighted by molar-refractivity contribution is 9.10. The molecular weight excluding hydrogens is 360 g/mol. The average Bonchev–Trinajstić information content (AvgIpc) is 2.55. The number of nitrogens with zero attached hydrogens (tertiary/aromatic N) is 2. The number of rotatable bonds is 5. The van der Waals surface area contributed by atoms with Crippen molar-refractivity contribution in [3.05, 3.63) is 53.0 Å². The van der Waals surface area contributed by atoms with Gasteiger partial charge in [-0.1, -0.05) is 46.3 Å². The lowest BCUT2D eigenvalue weighted by atomic mass is 10.2. The smallest absolute Gasteiger partial charge is 0.161 e. The molecule has 0 aliphatic carbocycles. The van der Waals surface area contributed by atoms with E-state index >= 15 is 0 Å². The standard InChI is InChI=1S/C17H15BrN2OS/c1-21-10-11-22-17-14-4-2-3-5-15(14)19-16(20-17)12-6-8-13(18)9-7-12/h2-9H,10-11H2,1H3. The summed E-state index contributed by atoms with van der Waals surface area (Å²) in [6, 6.07) is 16.2. The third-order valence-electron chi connectivity index (χ3n) is 3.20. The van der Waals surface area contributed by atoms with Gasteiger partial charge in [0.2, 0.25) is 0 Å². The fourth-order valence-electron chi connectivity index (χ4n) is 2.11. The maximum atomic E-state index is 5.13. The molecule has 22 heavy (non-hydrogen) atoms. The summed E-state index contributed by atoms with van der Waals surface area (Å²) in [4.78, 5) is 9.45. The third-order valence-corrected chi connectivity index (χ3v) is 4.68. The number of ether oxygens (including phenoxy) is 1. The van der Waals surface area contributed by atoms with E-state index in [0.717, 1.165) is 37.5 Å². The lowest BCUT2D eigenvalue weighted by molar-refractivity contribution is 0.218. The molecule has 0 amide bonds. The van der Waals surface area contributed by atoms with Gasteiger partial charge in [0.05, 0.1) is 12.1 Å². The number of methoxy groups -OCH3 is 1. The molecule has 0 unspecified atom stereocenters. The van der Waals surface area contributed by atoms with Crippen molar-refractivity contribution in [3.8, 4) is 11.4 Å². The van der Waals surface area contributed by atoms with Gasteiger partial charge >= 0.3 is 0 Å². The Bertz CT molecular complexity index is 777. The maximum absolute atomic E-state index is 5.13. The number of hydrogen-bond acceptors (Lipinski definition) is 4. The zero-order valence-electron chi connectivity index (χ0n) is 12.1. The van der Waals surface area contributed by atoms with Gasteiger partial charge < -0.3 is 4.74 Å². The Balaban J connectivity index is 2.05. The number of thioether (sulfide) groups is 1. The number of para-hydroxylation sites is 1. The van der Waals surface area contributed by atoms with E-state index in [1.807, 2.05) is 42.5 Å². The second-order valence-electron chi connectivity index (χ2n) is 4.72. The summed E-state index contributed by atoms with van der Waals surface area (Å²) in [7, 11) is 1.71. The van der Waals surface area contributed by atoms with E-state index in [1.54, 1.807) is 18.9 Å². The maximum Gasteiger partial charge on any atom is 0.161 e. The second kappa shape index (κ2) is 7.22. The van der Waals surface area contributed by atoms with Gasteiger partial charge in [-0.2, -0.15) is 0 Å². The number of halogens is 1. The first-order valence-electron chi connectivity index (χ1n) is 6.92. The molecule has 112 valence electrons. The summed E-state index contributed by atoms with van der Waals surface area (Å²) in [6.07, 6.45) is 0. The monoisotopic (exact) mass is 374 g/mol. The second-order valence-corrected chi connectivity index (χ2v) is 6.72. The van der Waals surface area contributed by atoms with Crippen molar-refractivity contribution in [1.29, 1.82) is 0 Å². The van der Waals surface area contributed by atoms with Crippen LogP contribution in [0.3, 0.4) is 0 Å². The first kappa shape index (κ1) is 15.5. The molecule has 3 aromatic rings. The summed E-state index contributed by atoms with van der Waals surface area (Å²) < 4.78 is 6.18. The van der Waals surface area contributed by atoms with Gasteiger partial charge in [0, 0.05) is 28.3 Å². The quantitative estimate of drug-likeness (QED) is 0.365. The van der Waals surface area contributed by atoms with Gasteiger partial charge in [0.15, 0.2) is 5.82 Å². The van der Waals surface area contributed by atoms with Gasteiger partial charge in [-0.15, -0.1) is 11.8 Å². The van der Waals surface area contributed by atoms with Crippen LogP contribution in [0.1, 0.15) is 0 Å². The van der Waals surface area contributed by atoms with Gasteiger partial charge in [-0.25, -0.2) is 9.97 Å². The molecule has 0 saturated heterocycles. The zero-order chi connectivity index (χ0) is 15.4. The SMILES string of the molecule is COCCSc1nc(-c2ccc(Br)cc2)nc2ccccc12. The highest BCUT2D eigenvalue weighted by Crippen LogP contribution is 2.28. The van der Waals surface area contributed by atoms with Crippen molar-refractivity contribution in [2.75, 3.05) is 19.5 Å². The number of aromatic nitrogens is 2. The van der Waals surface area contributed by atoms with E-state index in [2.05, 4.69) is 22.0 Å². The Hall–Kier alpha value is -1.43. The van der Waals surface area contributed by atoms with Crippen molar-refractivity contribution >= 4 is 38.6 Å². The molecule has 1 heterocycles. The van der Waals surface area contributed by atoms with E-state index in [-0.39, 0.29) is 0 Å². The van der Waals surface area contributed by atoms with Gasteiger partial charge in [0.25, 0.3) is 0 Å². The van der Waals surface area contributed by atoms with Crippen LogP contribution in [0.4, 0.5) is 0 Å². The van der Waals surface area contributed by atoms with E-state index in [4.69, 9.17) is 14.7 Å². The molecule has 3 rings (SSSR count). The van der Waals surface area contributed by atoms with Crippen molar-refractivity contribution in [2.45, 2.75) is 5.03 Å². The molecule has 0 aliphatic heterocycles. The molecule has 2 aromatic carbocycles. The highest BCUT2D eigenvalue weighted by Gasteiger charge is 2.09. The predicted octanol–water partition coefficient (Wildman–Crippen LogP) is 4.80. The molecule has 0 radical (unpaired) electrons. The van der Waals surface area contributed by atoms with Crippen LogP contribution in [0.2, 0.25) is 0 Å². The lowest BCUT2D eigenvalue weighted by Gasteiger charge is -2.08. The van der Waals surface area contributed by atoms with Gasteiger partial charge in [-0.05, 0) is 18.2 Å². The van der Waals surface area contributed by atoms with Crippen LogP contribution in [0.15, 0.2) is 58.0 Å². The Labute approximate surface area is 142 Å². The minimum Gasteiger partial charge on any atom is -0.384 e. The summed E-state index contributed by atoms with van der Waals surface area (Å²) in [5.41, 5.74) is 1.98. The number of hydrogen-bond donors (Lipinski definition) is 0. The fourth-order valence-corrected chi connectivity index (χ4v) is 3.29. The minimum atomic E-state index is 0.705. The molecule has 0 saturated carbocycles. The molecule has 0 aliphatic rings. The normalized spacial score (nSPS) is 11.0. The van der Waals surface area contributed by atoms with Gasteiger partial charge in [-0.3, -0.25) is 0 Å². The zero-order valence-corrected chi connectivity index (χ0v) is 14.5. The van der Waals surface area contributed by atoms with Crippen LogP contribution in [0, 0.1) is 0 Å². The Morgan fingerprint density at radius 2 is 1.82 bits per heavy atom. The Morgan fingerprint density at radius 3 is 2.59 bits per heavy atom. The van der Waals surface area contributed by atoms with E-state index in [9.17, 15) is 0 Å². The van der Waals surface area contributed by atoms with Crippen molar-refractivity contribution in [2.24, 2.45) is 0 Å². The summed E-state index contributed by atoms with van der Waals surface area (Å²) in [5, 5.41) is 2.09. The largest absolute Gasteiger partial charge is 0.384 e. The fraction of sp³-hybridized carbons (Fsp3) is 0.176. The van der Waals surface area contributed by atoms with E-state index < -0.39 is 0 Å². The average molecular weight is 375 g/mol. The molecule has 0 atom stereocenters. The molecule has 0 fully saturated rings. The molecular formula is C17H15BrN2OS. The highest BCUT2D eigenvalue weighted by atomic mass is 79.9. The van der Waals surface area contributed by atoms with Crippen LogP contribution in [-0.2, 0) is 4.74 Å². The molecule has 3 nitrogen and oxygen atoms in total.